The van der Waals surface area contributed by atoms with Crippen LogP contribution in [0.2, 0.25) is 0 Å². The molecule has 2 aromatic carbocycles. The fraction of sp³-hybridized carbons (Fsp3) is 0.321. The number of fused-ring (bicyclic) bond motifs is 1. The molecule has 3 aromatic rings. The second-order valence-corrected chi connectivity index (χ2v) is 8.50. The molecule has 3 N–H and O–H groups in total. The largest absolute Gasteiger partial charge is 0.494 e. The van der Waals surface area contributed by atoms with E-state index in [0.29, 0.717) is 18.8 Å². The molecule has 8 nitrogen and oxygen atoms in total. The zero-order valence-electron chi connectivity index (χ0n) is 20.3. The van der Waals surface area contributed by atoms with E-state index in [2.05, 4.69) is 51.6 Å². The summed E-state index contributed by atoms with van der Waals surface area (Å²) in [5, 5.41) is 20.3. The summed E-state index contributed by atoms with van der Waals surface area (Å²) in [6.07, 6.45) is 7.96. The number of likely N-dealkylation sites (tertiary alicyclic amines) is 1. The molecule has 0 amide bonds. The average Bonchev–Trinajstić information content (AvgIpc) is 2.89. The standard InChI is InChI=1S/C24H29N3O.C4H4O4/c1-4-15-27(16-5-1)19-20-8-6-9-21(18-20)28-17-7-13-25-24-12-14-26-23-11-3-2-10-22(23)24;5-3(6)1-2-4(7)8/h2-3,6,8-12,14,18H,1,4-5,7,13,15-17,19H2,(H,25,26);1-2H,(H,5,6)(H,7,8)/b;2-1-. The second-order valence-electron chi connectivity index (χ2n) is 8.50. The van der Waals surface area contributed by atoms with E-state index in [9.17, 15) is 9.59 Å². The zero-order chi connectivity index (χ0) is 25.6. The SMILES string of the molecule is O=C(O)/C=C\C(=O)O.c1cc(CN2CCCCC2)cc(OCCCNc2ccnc3ccccc23)c1. The summed E-state index contributed by atoms with van der Waals surface area (Å²) in [4.78, 5) is 26.1. The molecule has 8 heteroatoms. The highest BCUT2D eigenvalue weighted by atomic mass is 16.5. The van der Waals surface area contributed by atoms with Gasteiger partial charge in [0.1, 0.15) is 5.75 Å². The lowest BCUT2D eigenvalue weighted by Gasteiger charge is -2.26. The van der Waals surface area contributed by atoms with Gasteiger partial charge in [-0.3, -0.25) is 9.88 Å². The van der Waals surface area contributed by atoms with Gasteiger partial charge in [0.15, 0.2) is 0 Å². The first-order chi connectivity index (χ1) is 17.5. The number of benzene rings is 2. The molecule has 0 aliphatic carbocycles. The molecule has 0 bridgehead atoms. The summed E-state index contributed by atoms with van der Waals surface area (Å²) >= 11 is 0. The van der Waals surface area contributed by atoms with Crippen molar-refractivity contribution in [1.82, 2.24) is 9.88 Å². The van der Waals surface area contributed by atoms with E-state index in [1.54, 1.807) is 0 Å². The number of anilines is 1. The Hall–Kier alpha value is -3.91. The van der Waals surface area contributed by atoms with Gasteiger partial charge in [-0.05, 0) is 62.2 Å². The smallest absolute Gasteiger partial charge is 0.328 e. The molecule has 1 aliphatic rings. The highest BCUT2D eigenvalue weighted by Crippen LogP contribution is 2.21. The van der Waals surface area contributed by atoms with Gasteiger partial charge >= 0.3 is 11.9 Å². The molecule has 0 spiro atoms. The highest BCUT2D eigenvalue weighted by molar-refractivity contribution is 5.91. The van der Waals surface area contributed by atoms with Crippen molar-refractivity contribution in [3.05, 3.63) is 78.5 Å². The van der Waals surface area contributed by atoms with Crippen molar-refractivity contribution in [3.8, 4) is 5.75 Å². The molecule has 1 saturated heterocycles. The van der Waals surface area contributed by atoms with Gasteiger partial charge in [-0.25, -0.2) is 9.59 Å². The first-order valence-corrected chi connectivity index (χ1v) is 12.2. The number of carboxylic acid groups (broad SMARTS) is 2. The van der Waals surface area contributed by atoms with Crippen LogP contribution >= 0.6 is 0 Å². The van der Waals surface area contributed by atoms with Crippen molar-refractivity contribution < 1.29 is 24.5 Å². The number of aromatic nitrogens is 1. The van der Waals surface area contributed by atoms with Gasteiger partial charge in [0, 0.05) is 42.5 Å². The normalized spacial score (nSPS) is 13.7. The third-order valence-electron chi connectivity index (χ3n) is 5.68. The lowest BCUT2D eigenvalue weighted by atomic mass is 10.1. The molecule has 1 aliphatic heterocycles. The number of hydrogen-bond acceptors (Lipinski definition) is 6. The molecule has 0 atom stereocenters. The third-order valence-corrected chi connectivity index (χ3v) is 5.68. The van der Waals surface area contributed by atoms with Crippen LogP contribution in [0.5, 0.6) is 5.75 Å². The van der Waals surface area contributed by atoms with Crippen molar-refractivity contribution in [3.63, 3.8) is 0 Å². The summed E-state index contributed by atoms with van der Waals surface area (Å²) in [6, 6.07) is 18.8. The van der Waals surface area contributed by atoms with Crippen LogP contribution in [0.1, 0.15) is 31.2 Å². The first kappa shape index (κ1) is 26.7. The van der Waals surface area contributed by atoms with Crippen molar-refractivity contribution in [2.45, 2.75) is 32.2 Å². The molecule has 0 radical (unpaired) electrons. The first-order valence-electron chi connectivity index (χ1n) is 12.2. The van der Waals surface area contributed by atoms with E-state index in [1.807, 2.05) is 24.4 Å². The number of rotatable bonds is 10. The summed E-state index contributed by atoms with van der Waals surface area (Å²) in [7, 11) is 0. The van der Waals surface area contributed by atoms with Crippen LogP contribution in [0, 0.1) is 0 Å². The Morgan fingerprint density at radius 3 is 2.47 bits per heavy atom. The number of pyridine rings is 1. The Morgan fingerprint density at radius 1 is 0.972 bits per heavy atom. The molecular formula is C28H33N3O5. The van der Waals surface area contributed by atoms with Crippen LogP contribution in [0.4, 0.5) is 5.69 Å². The molecule has 0 saturated carbocycles. The van der Waals surface area contributed by atoms with Gasteiger partial charge in [0.25, 0.3) is 0 Å². The molecule has 190 valence electrons. The van der Waals surface area contributed by atoms with Crippen LogP contribution in [-0.2, 0) is 16.1 Å². The van der Waals surface area contributed by atoms with Crippen LogP contribution in [0.3, 0.4) is 0 Å². The fourth-order valence-electron chi connectivity index (χ4n) is 3.99. The molecule has 1 aromatic heterocycles. The lowest BCUT2D eigenvalue weighted by Crippen LogP contribution is -2.29. The number of nitrogens with zero attached hydrogens (tertiary/aromatic N) is 2. The minimum absolute atomic E-state index is 0.558. The van der Waals surface area contributed by atoms with Gasteiger partial charge < -0.3 is 20.3 Å². The lowest BCUT2D eigenvalue weighted by molar-refractivity contribution is -0.134. The van der Waals surface area contributed by atoms with Crippen molar-refractivity contribution >= 4 is 28.5 Å². The summed E-state index contributed by atoms with van der Waals surface area (Å²) in [5.74, 6) is -1.54. The second kappa shape index (κ2) is 14.5. The number of aliphatic carboxylic acids is 2. The number of ether oxygens (including phenoxy) is 1. The van der Waals surface area contributed by atoms with Crippen LogP contribution in [0.25, 0.3) is 10.9 Å². The Balaban J connectivity index is 0.000000392. The molecule has 36 heavy (non-hydrogen) atoms. The number of carbonyl (C=O) groups is 2. The predicted molar refractivity (Wildman–Crippen MR) is 140 cm³/mol. The van der Waals surface area contributed by atoms with Gasteiger partial charge in [-0.2, -0.15) is 0 Å². The van der Waals surface area contributed by atoms with Crippen molar-refractivity contribution in [2.75, 3.05) is 31.6 Å². The summed E-state index contributed by atoms with van der Waals surface area (Å²) in [6.45, 7) is 5.07. The van der Waals surface area contributed by atoms with Crippen LogP contribution in [-0.4, -0.2) is 58.3 Å². The quantitative estimate of drug-likeness (QED) is 0.274. The minimum atomic E-state index is -1.26. The van der Waals surface area contributed by atoms with E-state index in [-0.39, 0.29) is 0 Å². The Labute approximate surface area is 211 Å². The van der Waals surface area contributed by atoms with Crippen molar-refractivity contribution in [2.24, 2.45) is 0 Å². The van der Waals surface area contributed by atoms with E-state index in [0.717, 1.165) is 41.9 Å². The molecule has 1 fully saturated rings. The maximum atomic E-state index is 9.55. The van der Waals surface area contributed by atoms with E-state index >= 15 is 0 Å². The number of nitrogens with one attached hydrogen (secondary N) is 1. The minimum Gasteiger partial charge on any atom is -0.494 e. The van der Waals surface area contributed by atoms with Gasteiger partial charge in [0.05, 0.1) is 12.1 Å². The number of piperidine rings is 1. The van der Waals surface area contributed by atoms with E-state index < -0.39 is 11.9 Å². The topological polar surface area (TPSA) is 112 Å². The monoisotopic (exact) mass is 491 g/mol. The third kappa shape index (κ3) is 9.38. The van der Waals surface area contributed by atoms with Crippen molar-refractivity contribution in [1.29, 1.82) is 0 Å². The van der Waals surface area contributed by atoms with E-state index in [1.165, 1.54) is 37.9 Å². The van der Waals surface area contributed by atoms with Gasteiger partial charge in [-0.1, -0.05) is 36.8 Å². The Kier molecular flexibility index (Phi) is 10.7. The molecule has 2 heterocycles. The maximum absolute atomic E-state index is 9.55. The summed E-state index contributed by atoms with van der Waals surface area (Å²) < 4.78 is 5.99. The van der Waals surface area contributed by atoms with E-state index in [4.69, 9.17) is 14.9 Å². The average molecular weight is 492 g/mol. The molecular weight excluding hydrogens is 458 g/mol. The molecule has 4 rings (SSSR count). The van der Waals surface area contributed by atoms with Crippen LogP contribution < -0.4 is 10.1 Å². The number of carboxylic acids is 2. The predicted octanol–water partition coefficient (Wildman–Crippen LogP) is 4.81. The highest BCUT2D eigenvalue weighted by Gasteiger charge is 2.10. The zero-order valence-corrected chi connectivity index (χ0v) is 20.3. The number of para-hydroxylation sites is 1. The molecule has 0 unspecified atom stereocenters. The summed E-state index contributed by atoms with van der Waals surface area (Å²) in [5.41, 5.74) is 3.50. The van der Waals surface area contributed by atoms with Gasteiger partial charge in [0.2, 0.25) is 0 Å². The van der Waals surface area contributed by atoms with Gasteiger partial charge in [-0.15, -0.1) is 0 Å². The maximum Gasteiger partial charge on any atom is 0.328 e. The fourth-order valence-corrected chi connectivity index (χ4v) is 3.99. The number of hydrogen-bond donors (Lipinski definition) is 3. The van der Waals surface area contributed by atoms with Crippen LogP contribution in [0.15, 0.2) is 72.9 Å². The Bertz CT molecular complexity index is 1140. The Morgan fingerprint density at radius 2 is 1.72 bits per heavy atom.